The Bertz CT molecular complexity index is 678. The van der Waals surface area contributed by atoms with E-state index >= 15 is 0 Å². The molecule has 1 aromatic heterocycles. The van der Waals surface area contributed by atoms with Crippen LogP contribution in [-0.2, 0) is 4.79 Å². The summed E-state index contributed by atoms with van der Waals surface area (Å²) in [4.78, 5) is 18.0. The Balaban J connectivity index is 1.94. The molecular weight excluding hydrogens is 300 g/mol. The number of rotatable bonds is 7. The Morgan fingerprint density at radius 3 is 2.55 bits per heavy atom. The predicted molar refractivity (Wildman–Crippen MR) is 81.8 cm³/mol. The Morgan fingerprint density at radius 1 is 1.23 bits per heavy atom. The number of oxazole rings is 1. The van der Waals surface area contributed by atoms with Crippen LogP contribution in [0.25, 0.3) is 11.1 Å². The van der Waals surface area contributed by atoms with Crippen LogP contribution in [0.3, 0.4) is 0 Å². The topological polar surface area (TPSA) is 93.9 Å². The maximum Gasteiger partial charge on any atom is 0.257 e. The van der Waals surface area contributed by atoms with Crippen LogP contribution >= 0.6 is 11.8 Å². The fourth-order valence-electron chi connectivity index (χ4n) is 1.86. The highest BCUT2D eigenvalue weighted by Crippen LogP contribution is 2.23. The summed E-state index contributed by atoms with van der Waals surface area (Å²) in [6.45, 7) is 0.677. The number of nitrogens with zero attached hydrogens (tertiary/aromatic N) is 4. The number of nitriles is 2. The molecule has 112 valence electrons. The summed E-state index contributed by atoms with van der Waals surface area (Å²) in [5.41, 5.74) is 1.44. The van der Waals surface area contributed by atoms with Crippen LogP contribution in [0.5, 0.6) is 0 Å². The van der Waals surface area contributed by atoms with Crippen molar-refractivity contribution >= 4 is 28.8 Å². The van der Waals surface area contributed by atoms with Gasteiger partial charge in [-0.15, -0.1) is 0 Å². The Labute approximate surface area is 132 Å². The molecule has 7 heteroatoms. The van der Waals surface area contributed by atoms with E-state index in [4.69, 9.17) is 14.9 Å². The van der Waals surface area contributed by atoms with Gasteiger partial charge >= 0.3 is 0 Å². The minimum Gasteiger partial charge on any atom is -0.431 e. The van der Waals surface area contributed by atoms with Gasteiger partial charge in [0.25, 0.3) is 5.22 Å². The van der Waals surface area contributed by atoms with Gasteiger partial charge in [-0.25, -0.2) is 4.98 Å². The lowest BCUT2D eigenvalue weighted by molar-refractivity contribution is -0.128. The van der Waals surface area contributed by atoms with Crippen molar-refractivity contribution in [2.45, 2.75) is 18.1 Å². The molecule has 1 heterocycles. The van der Waals surface area contributed by atoms with Crippen molar-refractivity contribution in [3.05, 3.63) is 24.3 Å². The summed E-state index contributed by atoms with van der Waals surface area (Å²) in [5.74, 6) is 0.0432. The second-order valence-corrected chi connectivity index (χ2v) is 5.36. The third-order valence-corrected chi connectivity index (χ3v) is 3.75. The molecule has 0 unspecified atom stereocenters. The van der Waals surface area contributed by atoms with E-state index in [1.807, 2.05) is 36.4 Å². The number of thioether (sulfide) groups is 1. The molecule has 1 aromatic carbocycles. The average Bonchev–Trinajstić information content (AvgIpc) is 2.95. The molecule has 2 aromatic rings. The third-order valence-electron chi connectivity index (χ3n) is 2.93. The fourth-order valence-corrected chi connectivity index (χ4v) is 2.60. The third kappa shape index (κ3) is 4.24. The number of fused-ring (bicyclic) bond motifs is 1. The number of aromatic nitrogens is 1. The lowest BCUT2D eigenvalue weighted by atomic mass is 10.3. The summed E-state index contributed by atoms with van der Waals surface area (Å²) in [6.07, 6.45) is 0.509. The zero-order chi connectivity index (χ0) is 15.8. The molecule has 0 aliphatic heterocycles. The first-order valence-corrected chi connectivity index (χ1v) is 7.73. The highest BCUT2D eigenvalue weighted by atomic mass is 32.2. The minimum atomic E-state index is -0.127. The summed E-state index contributed by atoms with van der Waals surface area (Å²) in [5, 5.41) is 17.7. The second kappa shape index (κ2) is 8.06. The lowest BCUT2D eigenvalue weighted by Crippen LogP contribution is -2.34. The number of para-hydroxylation sites is 2. The Morgan fingerprint density at radius 2 is 1.91 bits per heavy atom. The monoisotopic (exact) mass is 314 g/mol. The van der Waals surface area contributed by atoms with E-state index in [2.05, 4.69) is 4.98 Å². The van der Waals surface area contributed by atoms with Crippen molar-refractivity contribution in [1.82, 2.24) is 9.88 Å². The molecule has 0 spiro atoms. The summed E-state index contributed by atoms with van der Waals surface area (Å²) in [6, 6.07) is 11.4. The van der Waals surface area contributed by atoms with Gasteiger partial charge in [-0.2, -0.15) is 10.5 Å². The molecule has 6 nitrogen and oxygen atoms in total. The van der Waals surface area contributed by atoms with E-state index in [1.54, 1.807) is 0 Å². The van der Waals surface area contributed by atoms with E-state index in [0.29, 0.717) is 23.9 Å². The van der Waals surface area contributed by atoms with E-state index < -0.39 is 0 Å². The second-order valence-electron chi connectivity index (χ2n) is 4.43. The number of carbonyl (C=O) groups is 1. The normalized spacial score (nSPS) is 10.1. The minimum absolute atomic E-state index is 0.127. The largest absolute Gasteiger partial charge is 0.431 e. The molecule has 1 amide bonds. The zero-order valence-corrected chi connectivity index (χ0v) is 12.7. The van der Waals surface area contributed by atoms with Gasteiger partial charge in [0.1, 0.15) is 5.52 Å². The van der Waals surface area contributed by atoms with Crippen molar-refractivity contribution in [3.63, 3.8) is 0 Å². The summed E-state index contributed by atoms with van der Waals surface area (Å²) in [7, 11) is 0. The summed E-state index contributed by atoms with van der Waals surface area (Å²) < 4.78 is 5.54. The number of hydrogen-bond acceptors (Lipinski definition) is 6. The molecule has 0 saturated heterocycles. The predicted octanol–water partition coefficient (Wildman–Crippen LogP) is 2.58. The molecule has 0 saturated carbocycles. The van der Waals surface area contributed by atoms with Crippen molar-refractivity contribution in [1.29, 1.82) is 10.5 Å². The molecule has 0 fully saturated rings. The Kier molecular flexibility index (Phi) is 5.81. The first-order valence-electron chi connectivity index (χ1n) is 6.74. The van der Waals surface area contributed by atoms with Crippen LogP contribution in [0.4, 0.5) is 0 Å². The molecule has 2 rings (SSSR count). The number of amides is 1. The fraction of sp³-hybridized carbons (Fsp3) is 0.333. The standard InChI is InChI=1S/C15H14N4O2S/c16-7-3-9-19(10-4-8-17)14(20)11-22-15-18-12-5-1-2-6-13(12)21-15/h1-2,5-6H,3-4,9-11H2. The average molecular weight is 314 g/mol. The molecule has 22 heavy (non-hydrogen) atoms. The molecule has 0 aliphatic rings. The number of benzene rings is 1. The van der Waals surface area contributed by atoms with Gasteiger partial charge in [0.15, 0.2) is 5.58 Å². The Hall–Kier alpha value is -2.51. The molecule has 0 aliphatic carbocycles. The van der Waals surface area contributed by atoms with Gasteiger partial charge in [-0.05, 0) is 12.1 Å². The van der Waals surface area contributed by atoms with Crippen LogP contribution in [0.2, 0.25) is 0 Å². The van der Waals surface area contributed by atoms with Crippen LogP contribution in [0, 0.1) is 22.7 Å². The van der Waals surface area contributed by atoms with Crippen LogP contribution in [-0.4, -0.2) is 34.6 Å². The van der Waals surface area contributed by atoms with E-state index in [-0.39, 0.29) is 24.5 Å². The van der Waals surface area contributed by atoms with Gasteiger partial charge in [-0.1, -0.05) is 23.9 Å². The van der Waals surface area contributed by atoms with Crippen molar-refractivity contribution in [3.8, 4) is 12.1 Å². The quantitative estimate of drug-likeness (QED) is 0.729. The molecule has 0 atom stereocenters. The first-order chi connectivity index (χ1) is 10.7. The molecule has 0 radical (unpaired) electrons. The van der Waals surface area contributed by atoms with Gasteiger partial charge in [0.05, 0.1) is 30.7 Å². The molecule has 0 bridgehead atoms. The highest BCUT2D eigenvalue weighted by Gasteiger charge is 2.15. The SMILES string of the molecule is N#CCCN(CCC#N)C(=O)CSc1nc2ccccc2o1. The van der Waals surface area contributed by atoms with E-state index in [0.717, 1.165) is 5.52 Å². The lowest BCUT2D eigenvalue weighted by Gasteiger charge is -2.19. The van der Waals surface area contributed by atoms with Gasteiger partial charge in [0, 0.05) is 13.1 Å². The van der Waals surface area contributed by atoms with E-state index in [9.17, 15) is 4.79 Å². The maximum absolute atomic E-state index is 12.2. The van der Waals surface area contributed by atoms with Crippen LogP contribution in [0.1, 0.15) is 12.8 Å². The van der Waals surface area contributed by atoms with Gasteiger partial charge in [-0.3, -0.25) is 4.79 Å². The number of carbonyl (C=O) groups excluding carboxylic acids is 1. The number of hydrogen-bond donors (Lipinski definition) is 0. The molecular formula is C15H14N4O2S. The van der Waals surface area contributed by atoms with Crippen molar-refractivity contribution in [2.24, 2.45) is 0 Å². The van der Waals surface area contributed by atoms with Gasteiger partial charge < -0.3 is 9.32 Å². The maximum atomic E-state index is 12.2. The zero-order valence-electron chi connectivity index (χ0n) is 11.9. The van der Waals surface area contributed by atoms with Crippen LogP contribution < -0.4 is 0 Å². The van der Waals surface area contributed by atoms with Crippen molar-refractivity contribution in [2.75, 3.05) is 18.8 Å². The first kappa shape index (κ1) is 15.9. The van der Waals surface area contributed by atoms with Gasteiger partial charge in [0.2, 0.25) is 5.91 Å². The van der Waals surface area contributed by atoms with Crippen LogP contribution in [0.15, 0.2) is 33.9 Å². The summed E-state index contributed by atoms with van der Waals surface area (Å²) >= 11 is 1.21. The molecule has 0 N–H and O–H groups in total. The smallest absolute Gasteiger partial charge is 0.257 e. The van der Waals surface area contributed by atoms with Crippen molar-refractivity contribution < 1.29 is 9.21 Å². The highest BCUT2D eigenvalue weighted by molar-refractivity contribution is 7.99. The van der Waals surface area contributed by atoms with E-state index in [1.165, 1.54) is 16.7 Å².